The molecule has 2 nitrogen and oxygen atoms in total. The van der Waals surface area contributed by atoms with Gasteiger partial charge in [0.15, 0.2) is 0 Å². The van der Waals surface area contributed by atoms with Gasteiger partial charge in [0, 0.05) is 48.2 Å². The van der Waals surface area contributed by atoms with Crippen LogP contribution in [0.1, 0.15) is 34.5 Å². The zero-order valence-electron chi connectivity index (χ0n) is 21.5. The highest BCUT2D eigenvalue weighted by Gasteiger charge is 2.22. The molecule has 0 spiro atoms. The van der Waals surface area contributed by atoms with Crippen molar-refractivity contribution in [3.63, 3.8) is 0 Å². The molecule has 2 aliphatic carbocycles. The second-order valence-electron chi connectivity index (χ2n) is 10.8. The van der Waals surface area contributed by atoms with Gasteiger partial charge in [-0.1, -0.05) is 60.7 Å². The van der Waals surface area contributed by atoms with Crippen molar-refractivity contribution in [2.45, 2.75) is 25.7 Å². The van der Waals surface area contributed by atoms with Crippen molar-refractivity contribution in [1.82, 2.24) is 9.13 Å². The average Bonchev–Trinajstić information content (AvgIpc) is 3.64. The van der Waals surface area contributed by atoms with E-state index in [1.54, 1.807) is 0 Å². The Labute approximate surface area is 230 Å². The van der Waals surface area contributed by atoms with Crippen LogP contribution < -0.4 is 0 Å². The summed E-state index contributed by atoms with van der Waals surface area (Å²) >= 11 is 1.97. The standard InChI is InChI=1S/C36H26N2S/c1-5-13-31-25(9-1)26-10-2-6-14-32(26)37(31)23-17-19-35-29(21-23)30-22-24(18-20-36(30)39-35)38-33-15-7-3-11-27(33)28-12-4-8-16-34(28)38/h1-3,5-11,13-16,18,20-22H,4,12,17,19H2. The Hall–Kier alpha value is -4.34. The second kappa shape index (κ2) is 8.08. The zero-order valence-corrected chi connectivity index (χ0v) is 22.3. The Morgan fingerprint density at radius 2 is 1.31 bits per heavy atom. The number of fused-ring (bicyclic) bond motifs is 9. The number of thiophene rings is 1. The second-order valence-corrected chi connectivity index (χ2v) is 11.9. The summed E-state index contributed by atoms with van der Waals surface area (Å²) in [6, 6.07) is 33.7. The van der Waals surface area contributed by atoms with E-state index in [4.69, 9.17) is 0 Å². The van der Waals surface area contributed by atoms with Crippen LogP contribution in [0.2, 0.25) is 0 Å². The molecule has 2 aliphatic rings. The molecule has 0 amide bonds. The highest BCUT2D eigenvalue weighted by molar-refractivity contribution is 7.19. The van der Waals surface area contributed by atoms with Crippen molar-refractivity contribution in [2.75, 3.05) is 0 Å². The van der Waals surface area contributed by atoms with Crippen LogP contribution in [-0.4, -0.2) is 9.13 Å². The summed E-state index contributed by atoms with van der Waals surface area (Å²) < 4.78 is 6.36. The minimum Gasteiger partial charge on any atom is -0.313 e. The molecule has 0 N–H and O–H groups in total. The maximum Gasteiger partial charge on any atom is 0.0537 e. The van der Waals surface area contributed by atoms with Crippen LogP contribution in [0.25, 0.3) is 66.3 Å². The fourth-order valence-electron chi connectivity index (χ4n) is 6.99. The first kappa shape index (κ1) is 21.6. The lowest BCUT2D eigenvalue weighted by Gasteiger charge is -2.17. The van der Waals surface area contributed by atoms with Gasteiger partial charge >= 0.3 is 0 Å². The van der Waals surface area contributed by atoms with Gasteiger partial charge < -0.3 is 9.13 Å². The summed E-state index contributed by atoms with van der Waals surface area (Å²) in [5.41, 5.74) is 10.8. The van der Waals surface area contributed by atoms with E-state index in [1.807, 2.05) is 11.3 Å². The third kappa shape index (κ3) is 3.02. The van der Waals surface area contributed by atoms with Crippen LogP contribution in [0, 0.1) is 0 Å². The predicted molar refractivity (Wildman–Crippen MR) is 168 cm³/mol. The molecule has 0 unspecified atom stereocenters. The molecular formula is C36H26N2S. The lowest BCUT2D eigenvalue weighted by Crippen LogP contribution is -2.03. The Kier molecular flexibility index (Phi) is 4.47. The summed E-state index contributed by atoms with van der Waals surface area (Å²) in [7, 11) is 0. The molecule has 0 fully saturated rings. The molecule has 3 aromatic heterocycles. The van der Waals surface area contributed by atoms with Crippen LogP contribution in [0.5, 0.6) is 0 Å². The molecule has 3 heterocycles. The van der Waals surface area contributed by atoms with Gasteiger partial charge in [-0.15, -0.1) is 11.3 Å². The van der Waals surface area contributed by atoms with Crippen molar-refractivity contribution in [2.24, 2.45) is 0 Å². The van der Waals surface area contributed by atoms with E-state index >= 15 is 0 Å². The number of benzene rings is 4. The molecular weight excluding hydrogens is 492 g/mol. The van der Waals surface area contributed by atoms with E-state index in [9.17, 15) is 0 Å². The smallest absolute Gasteiger partial charge is 0.0537 e. The number of aromatic nitrogens is 2. The van der Waals surface area contributed by atoms with Gasteiger partial charge in [0.2, 0.25) is 0 Å². The molecule has 0 saturated carbocycles. The van der Waals surface area contributed by atoms with Gasteiger partial charge in [0.25, 0.3) is 0 Å². The first-order valence-corrected chi connectivity index (χ1v) is 14.7. The number of hydrogen-bond donors (Lipinski definition) is 0. The van der Waals surface area contributed by atoms with E-state index in [2.05, 4.69) is 118 Å². The molecule has 4 aromatic carbocycles. The Morgan fingerprint density at radius 1 is 0.615 bits per heavy atom. The van der Waals surface area contributed by atoms with Crippen molar-refractivity contribution in [1.29, 1.82) is 0 Å². The lowest BCUT2D eigenvalue weighted by atomic mass is 9.99. The van der Waals surface area contributed by atoms with Crippen LogP contribution >= 0.6 is 11.3 Å². The topological polar surface area (TPSA) is 9.86 Å². The maximum atomic E-state index is 2.50. The first-order chi connectivity index (χ1) is 19.3. The third-order valence-corrected chi connectivity index (χ3v) is 9.93. The molecule has 186 valence electrons. The van der Waals surface area contributed by atoms with Gasteiger partial charge in [-0.2, -0.15) is 0 Å². The van der Waals surface area contributed by atoms with Gasteiger partial charge in [-0.05, 0) is 85.4 Å². The van der Waals surface area contributed by atoms with E-state index in [0.717, 1.165) is 25.7 Å². The third-order valence-electron chi connectivity index (χ3n) is 8.69. The van der Waals surface area contributed by atoms with Gasteiger partial charge in [-0.3, -0.25) is 0 Å². The van der Waals surface area contributed by atoms with Crippen LogP contribution in [0.15, 0.2) is 97.1 Å². The normalized spacial score (nSPS) is 14.8. The summed E-state index contributed by atoms with van der Waals surface area (Å²) in [4.78, 5) is 1.51. The van der Waals surface area contributed by atoms with E-state index in [1.165, 1.54) is 75.9 Å². The molecule has 7 aromatic rings. The summed E-state index contributed by atoms with van der Waals surface area (Å²) in [5, 5.41) is 5.42. The lowest BCUT2D eigenvalue weighted by molar-refractivity contribution is 0.966. The van der Waals surface area contributed by atoms with Crippen LogP contribution in [-0.2, 0) is 12.8 Å². The Bertz CT molecular complexity index is 2130. The number of allylic oxidation sites excluding steroid dienone is 2. The zero-order chi connectivity index (χ0) is 25.5. The molecule has 9 rings (SSSR count). The molecule has 0 aliphatic heterocycles. The van der Waals surface area contributed by atoms with Crippen molar-refractivity contribution >= 4 is 72.0 Å². The minimum absolute atomic E-state index is 1.05. The van der Waals surface area contributed by atoms with E-state index < -0.39 is 0 Å². The van der Waals surface area contributed by atoms with Crippen molar-refractivity contribution in [3.8, 4) is 5.69 Å². The first-order valence-electron chi connectivity index (χ1n) is 13.9. The highest BCUT2D eigenvalue weighted by Crippen LogP contribution is 2.43. The number of para-hydroxylation sites is 3. The average molecular weight is 519 g/mol. The number of rotatable bonds is 2. The Balaban J connectivity index is 1.27. The molecule has 0 radical (unpaired) electrons. The molecule has 0 saturated heterocycles. The number of hydrogen-bond acceptors (Lipinski definition) is 1. The van der Waals surface area contributed by atoms with Gasteiger partial charge in [0.05, 0.1) is 16.6 Å². The summed E-state index contributed by atoms with van der Waals surface area (Å²) in [6.45, 7) is 0. The number of aryl methyl sites for hydroxylation is 2. The van der Waals surface area contributed by atoms with Gasteiger partial charge in [0.1, 0.15) is 0 Å². The summed E-state index contributed by atoms with van der Waals surface area (Å²) in [5.74, 6) is 0. The monoisotopic (exact) mass is 518 g/mol. The largest absolute Gasteiger partial charge is 0.313 e. The van der Waals surface area contributed by atoms with E-state index in [-0.39, 0.29) is 0 Å². The van der Waals surface area contributed by atoms with Crippen molar-refractivity contribution < 1.29 is 0 Å². The minimum atomic E-state index is 1.05. The van der Waals surface area contributed by atoms with Crippen LogP contribution in [0.3, 0.4) is 0 Å². The quantitative estimate of drug-likeness (QED) is 0.215. The fraction of sp³-hybridized carbons (Fsp3) is 0.111. The van der Waals surface area contributed by atoms with E-state index in [0.29, 0.717) is 0 Å². The predicted octanol–water partition coefficient (Wildman–Crippen LogP) is 9.86. The highest BCUT2D eigenvalue weighted by atomic mass is 32.1. The molecule has 0 bridgehead atoms. The SMILES string of the molecule is C1=Cc2c(c3ccccc3n2-c2ccc3sc4c(c3c2)C=C(n2c3ccccc3c3ccccc32)CC4)CC1. The molecule has 39 heavy (non-hydrogen) atoms. The fourth-order valence-corrected chi connectivity index (χ4v) is 8.16. The molecule has 3 heteroatoms. The summed E-state index contributed by atoms with van der Waals surface area (Å²) in [6.07, 6.45) is 11.5. The van der Waals surface area contributed by atoms with Crippen LogP contribution in [0.4, 0.5) is 0 Å². The number of nitrogens with zero attached hydrogens (tertiary/aromatic N) is 2. The maximum absolute atomic E-state index is 2.50. The van der Waals surface area contributed by atoms with Crippen molar-refractivity contribution in [3.05, 3.63) is 119 Å². The van der Waals surface area contributed by atoms with Gasteiger partial charge in [-0.25, -0.2) is 0 Å². The molecule has 0 atom stereocenters. The Morgan fingerprint density at radius 3 is 2.08 bits per heavy atom.